The third-order valence-corrected chi connectivity index (χ3v) is 8.25. The molecule has 0 bridgehead atoms. The average molecular weight is 548 g/mol. The van der Waals surface area contributed by atoms with Gasteiger partial charge in [0.15, 0.2) is 11.0 Å². The fourth-order valence-electron chi connectivity index (χ4n) is 4.47. The summed E-state index contributed by atoms with van der Waals surface area (Å²) in [6.45, 7) is 3.08. The van der Waals surface area contributed by atoms with Crippen LogP contribution in [0.25, 0.3) is 0 Å². The molecule has 8 heteroatoms. The summed E-state index contributed by atoms with van der Waals surface area (Å²) in [5, 5.41) is 0.600. The van der Waals surface area contributed by atoms with E-state index in [1.54, 1.807) is 52.8 Å². The van der Waals surface area contributed by atoms with Crippen molar-refractivity contribution in [2.24, 2.45) is 0 Å². The van der Waals surface area contributed by atoms with Gasteiger partial charge in [0.05, 0.1) is 17.1 Å². The largest absolute Gasteiger partial charge is 0.368 e. The molecule has 4 aromatic carbocycles. The van der Waals surface area contributed by atoms with Crippen LogP contribution in [0.1, 0.15) is 15.9 Å². The zero-order chi connectivity index (χ0) is 26.5. The zero-order valence-corrected chi connectivity index (χ0v) is 22.2. The maximum atomic E-state index is 14.5. The smallest absolute Gasteiger partial charge is 0.253 e. The molecule has 0 saturated carbocycles. The molecule has 1 aliphatic rings. The molecule has 1 atom stereocenters. The van der Waals surface area contributed by atoms with Crippen molar-refractivity contribution in [1.82, 2.24) is 4.90 Å². The number of carbonyl (C=O) groups excluding carboxylic acids is 1. The normalized spacial score (nSPS) is 14.3. The number of piperazine rings is 1. The SMILES string of the molecule is O=C(c1ccc(N(Cc2ccc(Cl)cc2)S(=O)c2ccccc2F)cc1)N1CCN(c2ccccc2)CC1. The second-order valence-corrected chi connectivity index (χ2v) is 10.8. The van der Waals surface area contributed by atoms with Crippen molar-refractivity contribution in [2.75, 3.05) is 35.4 Å². The van der Waals surface area contributed by atoms with Gasteiger partial charge in [0, 0.05) is 42.5 Å². The van der Waals surface area contributed by atoms with Crippen LogP contribution in [0.2, 0.25) is 5.02 Å². The highest BCUT2D eigenvalue weighted by Crippen LogP contribution is 2.26. The van der Waals surface area contributed by atoms with E-state index < -0.39 is 16.8 Å². The van der Waals surface area contributed by atoms with Crippen molar-refractivity contribution in [3.05, 3.63) is 125 Å². The first-order valence-electron chi connectivity index (χ1n) is 12.4. The lowest BCUT2D eigenvalue weighted by atomic mass is 10.1. The van der Waals surface area contributed by atoms with E-state index in [0.29, 0.717) is 29.4 Å². The number of benzene rings is 4. The Kier molecular flexibility index (Phi) is 8.05. The molecule has 5 rings (SSSR count). The predicted octanol–water partition coefficient (Wildman–Crippen LogP) is 6.17. The molecule has 0 aromatic heterocycles. The molecule has 1 unspecified atom stereocenters. The van der Waals surface area contributed by atoms with Gasteiger partial charge < -0.3 is 9.80 Å². The highest BCUT2D eigenvalue weighted by atomic mass is 35.5. The highest BCUT2D eigenvalue weighted by molar-refractivity contribution is 7.86. The third kappa shape index (κ3) is 5.90. The van der Waals surface area contributed by atoms with Gasteiger partial charge in [-0.3, -0.25) is 9.10 Å². The molecule has 5 nitrogen and oxygen atoms in total. The second-order valence-electron chi connectivity index (χ2n) is 9.00. The lowest BCUT2D eigenvalue weighted by Gasteiger charge is -2.36. The van der Waals surface area contributed by atoms with Crippen molar-refractivity contribution in [2.45, 2.75) is 11.4 Å². The van der Waals surface area contributed by atoms with Gasteiger partial charge >= 0.3 is 0 Å². The van der Waals surface area contributed by atoms with Gasteiger partial charge in [-0.25, -0.2) is 8.60 Å². The Morgan fingerprint density at radius 2 is 1.45 bits per heavy atom. The van der Waals surface area contributed by atoms with E-state index in [1.807, 2.05) is 35.2 Å². The minimum Gasteiger partial charge on any atom is -0.368 e. The van der Waals surface area contributed by atoms with Gasteiger partial charge in [-0.2, -0.15) is 0 Å². The molecule has 4 aromatic rings. The fraction of sp³-hybridized carbons (Fsp3) is 0.167. The zero-order valence-electron chi connectivity index (χ0n) is 20.7. The molecule has 1 saturated heterocycles. The van der Waals surface area contributed by atoms with Crippen molar-refractivity contribution in [3.63, 3.8) is 0 Å². The molecule has 38 heavy (non-hydrogen) atoms. The number of hydrogen-bond donors (Lipinski definition) is 0. The van der Waals surface area contributed by atoms with Gasteiger partial charge in [0.25, 0.3) is 5.91 Å². The quantitative estimate of drug-likeness (QED) is 0.278. The molecule has 1 fully saturated rings. The third-order valence-electron chi connectivity index (χ3n) is 6.55. The molecule has 0 N–H and O–H groups in total. The van der Waals surface area contributed by atoms with Crippen LogP contribution in [0.15, 0.2) is 108 Å². The summed E-state index contributed by atoms with van der Waals surface area (Å²) in [4.78, 5) is 17.4. The predicted molar refractivity (Wildman–Crippen MR) is 151 cm³/mol. The Balaban J connectivity index is 1.33. The van der Waals surface area contributed by atoms with E-state index >= 15 is 0 Å². The molecule has 0 spiro atoms. The number of nitrogens with zero attached hydrogens (tertiary/aromatic N) is 3. The number of hydrogen-bond acceptors (Lipinski definition) is 3. The van der Waals surface area contributed by atoms with Crippen LogP contribution in [0.4, 0.5) is 15.8 Å². The van der Waals surface area contributed by atoms with Crippen LogP contribution < -0.4 is 9.21 Å². The van der Waals surface area contributed by atoms with E-state index in [0.717, 1.165) is 24.3 Å². The maximum Gasteiger partial charge on any atom is 0.253 e. The summed E-state index contributed by atoms with van der Waals surface area (Å²) in [6.07, 6.45) is 0. The Morgan fingerprint density at radius 3 is 2.11 bits per heavy atom. The van der Waals surface area contributed by atoms with Crippen molar-refractivity contribution in [3.8, 4) is 0 Å². The first-order valence-corrected chi connectivity index (χ1v) is 13.9. The number of anilines is 2. The topological polar surface area (TPSA) is 43.9 Å². The highest BCUT2D eigenvalue weighted by Gasteiger charge is 2.24. The van der Waals surface area contributed by atoms with E-state index in [4.69, 9.17) is 11.6 Å². The Labute approximate surface area is 229 Å². The molecule has 194 valence electrons. The van der Waals surface area contributed by atoms with Gasteiger partial charge in [-0.15, -0.1) is 0 Å². The molecule has 1 aliphatic heterocycles. The van der Waals surface area contributed by atoms with Crippen molar-refractivity contribution < 1.29 is 13.4 Å². The number of carbonyl (C=O) groups is 1. The van der Waals surface area contributed by atoms with Gasteiger partial charge in [0.2, 0.25) is 0 Å². The van der Waals surface area contributed by atoms with Crippen LogP contribution in [0, 0.1) is 5.82 Å². The minimum absolute atomic E-state index is 0.0382. The van der Waals surface area contributed by atoms with Gasteiger partial charge in [0.1, 0.15) is 5.82 Å². The maximum absolute atomic E-state index is 14.5. The average Bonchev–Trinajstić information content (AvgIpc) is 2.97. The lowest BCUT2D eigenvalue weighted by Crippen LogP contribution is -2.48. The number of rotatable bonds is 7. The van der Waals surface area contributed by atoms with E-state index in [-0.39, 0.29) is 17.3 Å². The summed E-state index contributed by atoms with van der Waals surface area (Å²) in [5.41, 5.74) is 3.21. The Hall–Kier alpha value is -3.68. The molecular formula is C30H27ClFN3O2S. The Bertz CT molecular complexity index is 1410. The number of halogens is 2. The van der Waals surface area contributed by atoms with Crippen LogP contribution >= 0.6 is 11.6 Å². The standard InChI is InChI=1S/C30H27ClFN3O2S/c31-25-14-10-23(11-15-25)22-35(38(37)29-9-5-4-8-28(29)32)27-16-12-24(13-17-27)30(36)34-20-18-33(19-21-34)26-6-2-1-3-7-26/h1-17H,18-22H2. The van der Waals surface area contributed by atoms with Crippen molar-refractivity contribution in [1.29, 1.82) is 0 Å². The molecule has 1 amide bonds. The lowest BCUT2D eigenvalue weighted by molar-refractivity contribution is 0.0747. The first-order chi connectivity index (χ1) is 18.5. The summed E-state index contributed by atoms with van der Waals surface area (Å²) >= 11 is 6.03. The van der Waals surface area contributed by atoms with Gasteiger partial charge in [-0.05, 0) is 66.2 Å². The van der Waals surface area contributed by atoms with E-state index in [9.17, 15) is 13.4 Å². The summed E-state index contributed by atoms with van der Waals surface area (Å²) in [6, 6.07) is 30.5. The Morgan fingerprint density at radius 1 is 0.816 bits per heavy atom. The molecule has 0 radical (unpaired) electrons. The number of amides is 1. The van der Waals surface area contributed by atoms with Crippen LogP contribution in [-0.2, 0) is 17.5 Å². The fourth-order valence-corrected chi connectivity index (χ4v) is 5.84. The van der Waals surface area contributed by atoms with Gasteiger partial charge in [-0.1, -0.05) is 54.1 Å². The van der Waals surface area contributed by atoms with E-state index in [2.05, 4.69) is 17.0 Å². The van der Waals surface area contributed by atoms with Crippen LogP contribution in [0.3, 0.4) is 0 Å². The van der Waals surface area contributed by atoms with Crippen molar-refractivity contribution >= 4 is 39.9 Å². The summed E-state index contributed by atoms with van der Waals surface area (Å²) in [7, 11) is -1.81. The first kappa shape index (κ1) is 25.9. The molecular weight excluding hydrogens is 521 g/mol. The monoisotopic (exact) mass is 547 g/mol. The van der Waals surface area contributed by atoms with Crippen LogP contribution in [-0.4, -0.2) is 41.2 Å². The number of para-hydroxylation sites is 1. The summed E-state index contributed by atoms with van der Waals surface area (Å²) < 4.78 is 29.7. The minimum atomic E-state index is -1.81. The molecule has 0 aliphatic carbocycles. The second kappa shape index (κ2) is 11.8. The van der Waals surface area contributed by atoms with Crippen LogP contribution in [0.5, 0.6) is 0 Å². The van der Waals surface area contributed by atoms with E-state index in [1.165, 1.54) is 12.1 Å². The molecule has 1 heterocycles. The summed E-state index contributed by atoms with van der Waals surface area (Å²) in [5.74, 6) is -0.572.